The van der Waals surface area contributed by atoms with E-state index in [0.29, 0.717) is 34.9 Å². The van der Waals surface area contributed by atoms with Gasteiger partial charge in [0.2, 0.25) is 0 Å². The van der Waals surface area contributed by atoms with Gasteiger partial charge in [0.25, 0.3) is 5.91 Å². The number of carbonyl (C=O) groups excluding carboxylic acids is 1. The van der Waals surface area contributed by atoms with Gasteiger partial charge in [-0.2, -0.15) is 0 Å². The molecule has 0 aliphatic heterocycles. The van der Waals surface area contributed by atoms with E-state index < -0.39 is 0 Å². The molecule has 0 unspecified atom stereocenters. The summed E-state index contributed by atoms with van der Waals surface area (Å²) in [5, 5.41) is 8.39. The van der Waals surface area contributed by atoms with Crippen LogP contribution >= 0.6 is 0 Å². The standard InChI is InChI=1S/C33H33N5O2/c1-22-6-4-15-34-31(22)21-36-27-13-11-24-12-14-30-29(32(39)28(24)19-27)18-26(20-37-30)23-7-9-25(10-8-23)33(40)35-16-5-17-38(2)3/h4,6-15,18-20,36H,5,16-17,21H2,1-3H3,(H,35,40). The number of hydrogen-bond donors (Lipinski definition) is 2. The van der Waals surface area contributed by atoms with Gasteiger partial charge in [0.15, 0.2) is 5.43 Å². The minimum Gasteiger partial charge on any atom is -0.379 e. The molecule has 0 radical (unpaired) electrons. The third kappa shape index (κ3) is 6.16. The van der Waals surface area contributed by atoms with E-state index in [4.69, 9.17) is 0 Å². The highest BCUT2D eigenvalue weighted by Gasteiger charge is 2.10. The molecule has 2 aromatic heterocycles. The lowest BCUT2D eigenvalue weighted by Crippen LogP contribution is -2.27. The maximum Gasteiger partial charge on any atom is 0.251 e. The minimum atomic E-state index is -0.0927. The molecule has 0 bridgehead atoms. The number of aryl methyl sites for hydroxylation is 1. The number of rotatable bonds is 9. The third-order valence-electron chi connectivity index (χ3n) is 7.01. The van der Waals surface area contributed by atoms with Gasteiger partial charge in [-0.1, -0.05) is 30.3 Å². The molecule has 0 saturated heterocycles. The Hall–Kier alpha value is -4.62. The summed E-state index contributed by atoms with van der Waals surface area (Å²) >= 11 is 0. The normalized spacial score (nSPS) is 11.2. The number of fused-ring (bicyclic) bond motifs is 2. The molecule has 7 heteroatoms. The number of nitrogens with one attached hydrogen (secondary N) is 2. The highest BCUT2D eigenvalue weighted by molar-refractivity contribution is 5.96. The molecule has 3 aromatic carbocycles. The van der Waals surface area contributed by atoms with Crippen LogP contribution < -0.4 is 16.1 Å². The number of amides is 1. The van der Waals surface area contributed by atoms with Crippen LogP contribution in [0.2, 0.25) is 0 Å². The van der Waals surface area contributed by atoms with E-state index in [0.717, 1.165) is 46.4 Å². The number of nitrogens with zero attached hydrogens (tertiary/aromatic N) is 3. The van der Waals surface area contributed by atoms with Crippen molar-refractivity contribution in [1.82, 2.24) is 20.2 Å². The molecule has 7 nitrogen and oxygen atoms in total. The first kappa shape index (κ1) is 27.0. The van der Waals surface area contributed by atoms with Crippen molar-refractivity contribution in [3.63, 3.8) is 0 Å². The fourth-order valence-electron chi connectivity index (χ4n) is 4.67. The van der Waals surface area contributed by atoms with Crippen molar-refractivity contribution in [2.75, 3.05) is 32.5 Å². The van der Waals surface area contributed by atoms with Gasteiger partial charge in [-0.05, 0) is 93.0 Å². The summed E-state index contributed by atoms with van der Waals surface area (Å²) in [6.45, 7) is 4.16. The summed E-state index contributed by atoms with van der Waals surface area (Å²) in [5.41, 5.74) is 5.82. The largest absolute Gasteiger partial charge is 0.379 e. The smallest absolute Gasteiger partial charge is 0.251 e. The van der Waals surface area contributed by atoms with Crippen LogP contribution in [0.3, 0.4) is 0 Å². The topological polar surface area (TPSA) is 87.2 Å². The number of carbonyl (C=O) groups is 1. The molecule has 2 heterocycles. The number of hydrogen-bond acceptors (Lipinski definition) is 6. The zero-order valence-electron chi connectivity index (χ0n) is 23.1. The minimum absolute atomic E-state index is 0.0734. The molecule has 40 heavy (non-hydrogen) atoms. The Morgan fingerprint density at radius 3 is 2.48 bits per heavy atom. The van der Waals surface area contributed by atoms with Gasteiger partial charge in [0, 0.05) is 46.5 Å². The van der Waals surface area contributed by atoms with Gasteiger partial charge >= 0.3 is 0 Å². The van der Waals surface area contributed by atoms with E-state index in [1.165, 1.54) is 0 Å². The van der Waals surface area contributed by atoms with E-state index in [2.05, 4.69) is 25.5 Å². The molecular weight excluding hydrogens is 498 g/mol. The fourth-order valence-corrected chi connectivity index (χ4v) is 4.67. The Morgan fingerprint density at radius 1 is 0.900 bits per heavy atom. The Kier molecular flexibility index (Phi) is 8.12. The molecule has 2 N–H and O–H groups in total. The molecule has 0 spiro atoms. The lowest BCUT2D eigenvalue weighted by molar-refractivity contribution is 0.0952. The second kappa shape index (κ2) is 12.1. The first-order chi connectivity index (χ1) is 19.4. The van der Waals surface area contributed by atoms with E-state index in [9.17, 15) is 9.59 Å². The van der Waals surface area contributed by atoms with Crippen LogP contribution in [0.4, 0.5) is 5.69 Å². The summed E-state index contributed by atoms with van der Waals surface area (Å²) in [6, 6.07) is 22.9. The maximum absolute atomic E-state index is 13.7. The maximum atomic E-state index is 13.7. The van der Waals surface area contributed by atoms with Crippen molar-refractivity contribution < 1.29 is 4.79 Å². The van der Waals surface area contributed by atoms with Gasteiger partial charge in [-0.3, -0.25) is 19.6 Å². The molecule has 0 aliphatic rings. The van der Waals surface area contributed by atoms with E-state index in [-0.39, 0.29) is 11.3 Å². The molecule has 5 rings (SSSR count). The van der Waals surface area contributed by atoms with Crippen molar-refractivity contribution >= 4 is 33.3 Å². The summed E-state index contributed by atoms with van der Waals surface area (Å²) in [4.78, 5) is 37.4. The predicted octanol–water partition coefficient (Wildman–Crippen LogP) is 5.41. The van der Waals surface area contributed by atoms with Gasteiger partial charge in [0.05, 0.1) is 17.8 Å². The lowest BCUT2D eigenvalue weighted by atomic mass is 10.0. The Morgan fingerprint density at radius 2 is 1.70 bits per heavy atom. The second-order valence-corrected chi connectivity index (χ2v) is 10.2. The van der Waals surface area contributed by atoms with E-state index >= 15 is 0 Å². The van der Waals surface area contributed by atoms with Crippen LogP contribution in [0.15, 0.2) is 90.0 Å². The van der Waals surface area contributed by atoms with Crippen molar-refractivity contribution in [1.29, 1.82) is 0 Å². The Balaban J connectivity index is 1.40. The molecule has 0 saturated carbocycles. The zero-order valence-corrected chi connectivity index (χ0v) is 23.1. The summed E-state index contributed by atoms with van der Waals surface area (Å²) in [7, 11) is 4.03. The van der Waals surface area contributed by atoms with E-state index in [1.54, 1.807) is 24.5 Å². The highest BCUT2D eigenvalue weighted by Crippen LogP contribution is 2.24. The first-order valence-electron chi connectivity index (χ1n) is 13.4. The molecule has 5 aromatic rings. The number of anilines is 1. The average molecular weight is 532 g/mol. The van der Waals surface area contributed by atoms with Crippen LogP contribution in [0.5, 0.6) is 0 Å². The van der Waals surface area contributed by atoms with Gasteiger partial charge < -0.3 is 15.5 Å². The van der Waals surface area contributed by atoms with Crippen LogP contribution in [-0.2, 0) is 6.54 Å². The Labute approximate surface area is 233 Å². The number of pyridine rings is 2. The van der Waals surface area contributed by atoms with Crippen molar-refractivity contribution in [2.24, 2.45) is 0 Å². The highest BCUT2D eigenvalue weighted by atomic mass is 16.1. The number of benzene rings is 2. The predicted molar refractivity (Wildman–Crippen MR) is 163 cm³/mol. The van der Waals surface area contributed by atoms with Crippen LogP contribution in [-0.4, -0.2) is 48.0 Å². The van der Waals surface area contributed by atoms with Crippen molar-refractivity contribution in [3.8, 4) is 11.1 Å². The van der Waals surface area contributed by atoms with Crippen molar-refractivity contribution in [3.05, 3.63) is 112 Å². The quantitative estimate of drug-likeness (QED) is 0.247. The summed E-state index contributed by atoms with van der Waals surface area (Å²) in [5.74, 6) is -0.0927. The second-order valence-electron chi connectivity index (χ2n) is 10.2. The first-order valence-corrected chi connectivity index (χ1v) is 13.4. The SMILES string of the molecule is Cc1cccnc1CNc1ccc2ccc3ncc(-c4ccc(C(=O)NCCCN(C)C)cc4)cc3c(=O)c2c1. The zero-order chi connectivity index (χ0) is 28.1. The molecule has 202 valence electrons. The number of aromatic nitrogens is 2. The summed E-state index contributed by atoms with van der Waals surface area (Å²) < 4.78 is 0. The molecule has 1 amide bonds. The average Bonchev–Trinajstić information content (AvgIpc) is 3.10. The Bertz CT molecular complexity index is 1730. The van der Waals surface area contributed by atoms with Gasteiger partial charge in [0.1, 0.15) is 0 Å². The van der Waals surface area contributed by atoms with Gasteiger partial charge in [-0.15, -0.1) is 0 Å². The van der Waals surface area contributed by atoms with Crippen molar-refractivity contribution in [2.45, 2.75) is 19.9 Å². The molecule has 0 atom stereocenters. The third-order valence-corrected chi connectivity index (χ3v) is 7.01. The molecular formula is C33H33N5O2. The van der Waals surface area contributed by atoms with Crippen LogP contribution in [0.1, 0.15) is 28.0 Å². The monoisotopic (exact) mass is 531 g/mol. The lowest BCUT2D eigenvalue weighted by Gasteiger charge is -2.10. The van der Waals surface area contributed by atoms with E-state index in [1.807, 2.05) is 81.7 Å². The molecule has 0 fully saturated rings. The fraction of sp³-hybridized carbons (Fsp3) is 0.212. The van der Waals surface area contributed by atoms with Crippen LogP contribution in [0, 0.1) is 6.92 Å². The van der Waals surface area contributed by atoms with Gasteiger partial charge in [-0.25, -0.2) is 0 Å². The van der Waals surface area contributed by atoms with Crippen LogP contribution in [0.25, 0.3) is 32.8 Å². The summed E-state index contributed by atoms with van der Waals surface area (Å²) in [6.07, 6.45) is 4.45. The molecule has 0 aliphatic carbocycles.